The van der Waals surface area contributed by atoms with Crippen LogP contribution >= 0.6 is 36.2 Å². The van der Waals surface area contributed by atoms with Crippen LogP contribution in [0.25, 0.3) is 0 Å². The number of rotatable bonds is 5. The molecule has 150 valence electrons. The Labute approximate surface area is 172 Å². The molecule has 0 unspecified atom stereocenters. The molecule has 0 atom stereocenters. The van der Waals surface area contributed by atoms with E-state index in [0.29, 0.717) is 32.0 Å². The van der Waals surface area contributed by atoms with Gasteiger partial charge in [-0.15, -0.1) is 36.2 Å². The Hall–Kier alpha value is -0.440. The minimum atomic E-state index is -0.735. The maximum atomic E-state index is 12.4. The van der Waals surface area contributed by atoms with Crippen LogP contribution < -0.4 is 11.1 Å². The topological polar surface area (TPSA) is 80.5 Å². The number of ether oxygens (including phenoxy) is 1. The van der Waals surface area contributed by atoms with E-state index in [9.17, 15) is 4.79 Å². The zero-order valence-corrected chi connectivity index (χ0v) is 17.7. The van der Waals surface area contributed by atoms with Crippen LogP contribution in [-0.4, -0.2) is 54.2 Å². The van der Waals surface area contributed by atoms with Crippen molar-refractivity contribution in [3.05, 3.63) is 16.1 Å². The molecule has 0 radical (unpaired) electrons. The number of likely N-dealkylation sites (tertiary alicyclic amines) is 1. The zero-order chi connectivity index (χ0) is 17.0. The second-order valence-corrected chi connectivity index (χ2v) is 8.12. The Morgan fingerprint density at radius 3 is 2.62 bits per heavy atom. The summed E-state index contributed by atoms with van der Waals surface area (Å²) in [4.78, 5) is 19.4. The predicted molar refractivity (Wildman–Crippen MR) is 109 cm³/mol. The van der Waals surface area contributed by atoms with E-state index in [1.165, 1.54) is 5.69 Å². The standard InChI is InChI=1S/C17H28N4O2S.2ClH/c1-13-20-15(12-24-13)11-21-6-2-14(3-7-21)10-19-16(22)17(18)4-8-23-9-5-17;;/h12,14H,2-11,18H2,1H3,(H,19,22);2*1H. The van der Waals surface area contributed by atoms with Crippen LogP contribution in [0.2, 0.25) is 0 Å². The summed E-state index contributed by atoms with van der Waals surface area (Å²) in [6, 6.07) is 0. The van der Waals surface area contributed by atoms with Crippen LogP contribution in [0, 0.1) is 12.8 Å². The molecule has 1 aromatic rings. The highest BCUT2D eigenvalue weighted by molar-refractivity contribution is 7.09. The third kappa shape index (κ3) is 6.32. The minimum Gasteiger partial charge on any atom is -0.381 e. The molecule has 0 saturated carbocycles. The van der Waals surface area contributed by atoms with Gasteiger partial charge >= 0.3 is 0 Å². The van der Waals surface area contributed by atoms with Gasteiger partial charge in [0.25, 0.3) is 0 Å². The third-order valence-corrected chi connectivity index (χ3v) is 5.97. The van der Waals surface area contributed by atoms with Crippen molar-refractivity contribution in [1.29, 1.82) is 0 Å². The molecular formula is C17H30Cl2N4O2S. The van der Waals surface area contributed by atoms with Crippen molar-refractivity contribution < 1.29 is 9.53 Å². The molecular weight excluding hydrogens is 395 g/mol. The van der Waals surface area contributed by atoms with Crippen molar-refractivity contribution in [1.82, 2.24) is 15.2 Å². The van der Waals surface area contributed by atoms with Crippen molar-refractivity contribution in [2.45, 2.75) is 44.7 Å². The Bertz CT molecular complexity index is 559. The van der Waals surface area contributed by atoms with E-state index in [0.717, 1.165) is 44.0 Å². The zero-order valence-electron chi connectivity index (χ0n) is 15.2. The number of hydrogen-bond acceptors (Lipinski definition) is 6. The van der Waals surface area contributed by atoms with Crippen LogP contribution in [0.3, 0.4) is 0 Å². The minimum absolute atomic E-state index is 0. The Morgan fingerprint density at radius 1 is 1.38 bits per heavy atom. The summed E-state index contributed by atoms with van der Waals surface area (Å²) < 4.78 is 5.30. The smallest absolute Gasteiger partial charge is 0.240 e. The number of aryl methyl sites for hydroxylation is 1. The highest BCUT2D eigenvalue weighted by Crippen LogP contribution is 2.21. The first kappa shape index (κ1) is 23.6. The number of carbonyl (C=O) groups excluding carboxylic acids is 1. The lowest BCUT2D eigenvalue weighted by Crippen LogP contribution is -2.57. The van der Waals surface area contributed by atoms with Gasteiger partial charge in [-0.05, 0) is 51.6 Å². The van der Waals surface area contributed by atoms with E-state index in [1.807, 2.05) is 6.92 Å². The van der Waals surface area contributed by atoms with Crippen molar-refractivity contribution in [2.75, 3.05) is 32.8 Å². The van der Waals surface area contributed by atoms with Gasteiger partial charge < -0.3 is 15.8 Å². The van der Waals surface area contributed by atoms with Crippen LogP contribution in [0.4, 0.5) is 0 Å². The van der Waals surface area contributed by atoms with E-state index < -0.39 is 5.54 Å². The van der Waals surface area contributed by atoms with E-state index in [2.05, 4.69) is 20.6 Å². The van der Waals surface area contributed by atoms with Gasteiger partial charge in [0, 0.05) is 31.7 Å². The Morgan fingerprint density at radius 2 is 2.04 bits per heavy atom. The Balaban J connectivity index is 0.00000169. The summed E-state index contributed by atoms with van der Waals surface area (Å²) in [5.74, 6) is 0.539. The fourth-order valence-corrected chi connectivity index (χ4v) is 4.04. The van der Waals surface area contributed by atoms with Crippen molar-refractivity contribution >= 4 is 42.1 Å². The van der Waals surface area contributed by atoms with Crippen LogP contribution in [0.15, 0.2) is 5.38 Å². The number of piperidine rings is 1. The van der Waals surface area contributed by atoms with Crippen LogP contribution in [0.5, 0.6) is 0 Å². The molecule has 1 aromatic heterocycles. The molecule has 0 aromatic carbocycles. The van der Waals surface area contributed by atoms with Crippen molar-refractivity contribution in [3.8, 4) is 0 Å². The number of nitrogens with zero attached hydrogens (tertiary/aromatic N) is 2. The molecule has 26 heavy (non-hydrogen) atoms. The highest BCUT2D eigenvalue weighted by atomic mass is 35.5. The first-order valence-corrected chi connectivity index (χ1v) is 9.71. The monoisotopic (exact) mass is 424 g/mol. The second kappa shape index (κ2) is 10.8. The fraction of sp³-hybridized carbons (Fsp3) is 0.765. The van der Waals surface area contributed by atoms with Gasteiger partial charge in [-0.3, -0.25) is 9.69 Å². The lowest BCUT2D eigenvalue weighted by molar-refractivity contribution is -0.130. The van der Waals surface area contributed by atoms with Gasteiger partial charge in [-0.25, -0.2) is 4.98 Å². The number of nitrogens with two attached hydrogens (primary N) is 1. The molecule has 9 heteroatoms. The molecule has 3 N–H and O–H groups in total. The summed E-state index contributed by atoms with van der Waals surface area (Å²) in [5, 5.41) is 6.36. The first-order chi connectivity index (χ1) is 11.5. The summed E-state index contributed by atoms with van der Waals surface area (Å²) in [5.41, 5.74) is 6.66. The normalized spacial score (nSPS) is 20.7. The van der Waals surface area contributed by atoms with Crippen LogP contribution in [0.1, 0.15) is 36.4 Å². The van der Waals surface area contributed by atoms with Gasteiger partial charge in [0.15, 0.2) is 0 Å². The van der Waals surface area contributed by atoms with Crippen molar-refractivity contribution in [3.63, 3.8) is 0 Å². The fourth-order valence-electron chi connectivity index (χ4n) is 3.43. The average molecular weight is 425 g/mol. The van der Waals surface area contributed by atoms with Gasteiger partial charge in [0.05, 0.1) is 16.2 Å². The van der Waals surface area contributed by atoms with Gasteiger partial charge in [-0.1, -0.05) is 0 Å². The maximum Gasteiger partial charge on any atom is 0.240 e. The maximum absolute atomic E-state index is 12.4. The quantitative estimate of drug-likeness (QED) is 0.756. The van der Waals surface area contributed by atoms with E-state index >= 15 is 0 Å². The highest BCUT2D eigenvalue weighted by Gasteiger charge is 2.36. The lowest BCUT2D eigenvalue weighted by Gasteiger charge is -2.34. The third-order valence-electron chi connectivity index (χ3n) is 5.15. The lowest BCUT2D eigenvalue weighted by atomic mass is 9.89. The molecule has 2 fully saturated rings. The van der Waals surface area contributed by atoms with E-state index in [4.69, 9.17) is 10.5 Å². The molecule has 3 heterocycles. The molecule has 1 amide bonds. The number of nitrogens with one attached hydrogen (secondary N) is 1. The molecule has 2 saturated heterocycles. The number of amides is 1. The number of halogens is 2. The molecule has 0 aliphatic carbocycles. The first-order valence-electron chi connectivity index (χ1n) is 8.83. The molecule has 6 nitrogen and oxygen atoms in total. The Kier molecular flexibility index (Phi) is 9.79. The molecule has 2 aliphatic heterocycles. The summed E-state index contributed by atoms with van der Waals surface area (Å²) in [6.45, 7) is 7.03. The molecule has 3 rings (SSSR count). The van der Waals surface area contributed by atoms with Crippen molar-refractivity contribution in [2.24, 2.45) is 11.7 Å². The SMILES string of the molecule is Cc1nc(CN2CCC(CNC(=O)C3(N)CCOCC3)CC2)cs1.Cl.Cl. The van der Waals surface area contributed by atoms with Gasteiger partial charge in [-0.2, -0.15) is 0 Å². The second-order valence-electron chi connectivity index (χ2n) is 7.06. The number of hydrogen-bond donors (Lipinski definition) is 2. The largest absolute Gasteiger partial charge is 0.381 e. The van der Waals surface area contributed by atoms with Crippen LogP contribution in [-0.2, 0) is 16.1 Å². The summed E-state index contributed by atoms with van der Waals surface area (Å²) >= 11 is 1.71. The molecule has 0 spiro atoms. The number of thiazole rings is 1. The summed E-state index contributed by atoms with van der Waals surface area (Å²) in [6.07, 6.45) is 3.46. The summed E-state index contributed by atoms with van der Waals surface area (Å²) in [7, 11) is 0. The van der Waals surface area contributed by atoms with E-state index in [-0.39, 0.29) is 30.7 Å². The average Bonchev–Trinajstić information content (AvgIpc) is 2.99. The predicted octanol–water partition coefficient (Wildman–Crippen LogP) is 2.13. The van der Waals surface area contributed by atoms with Gasteiger partial charge in [0.1, 0.15) is 0 Å². The van der Waals surface area contributed by atoms with Gasteiger partial charge in [0.2, 0.25) is 5.91 Å². The number of aromatic nitrogens is 1. The van der Waals surface area contributed by atoms with E-state index in [1.54, 1.807) is 11.3 Å². The molecule has 0 bridgehead atoms. The number of carbonyl (C=O) groups is 1. The molecule has 2 aliphatic rings.